The SMILES string of the molecule is COc1ccc(C2(C(=O)N3CCC[C@H](c4nc(C)cn4C)C3)CC2)cc1. The molecule has 1 aliphatic carbocycles. The molecule has 1 atom stereocenters. The summed E-state index contributed by atoms with van der Waals surface area (Å²) in [4.78, 5) is 20.1. The standard InChI is InChI=1S/C21H27N3O2/c1-15-13-23(2)19(22-15)16-5-4-12-24(14-16)20(25)21(10-11-21)17-6-8-18(26-3)9-7-17/h6-9,13,16H,4-5,10-12,14H2,1-3H3/t16-/m0/s1. The fourth-order valence-electron chi connectivity index (χ4n) is 4.35. The van der Waals surface area contributed by atoms with Crippen LogP contribution in [0.3, 0.4) is 0 Å². The Morgan fingerprint density at radius 1 is 1.27 bits per heavy atom. The quantitative estimate of drug-likeness (QED) is 0.848. The topological polar surface area (TPSA) is 47.4 Å². The van der Waals surface area contributed by atoms with Crippen molar-refractivity contribution in [1.82, 2.24) is 14.5 Å². The number of rotatable bonds is 4. The first kappa shape index (κ1) is 17.1. The molecule has 0 unspecified atom stereocenters. The third-order valence-corrected chi connectivity index (χ3v) is 5.91. The molecule has 1 aromatic carbocycles. The number of carbonyl (C=O) groups is 1. The van der Waals surface area contributed by atoms with Crippen molar-refractivity contribution in [3.05, 3.63) is 47.5 Å². The molecule has 0 bridgehead atoms. The molecule has 4 rings (SSSR count). The van der Waals surface area contributed by atoms with Crippen molar-refractivity contribution in [1.29, 1.82) is 0 Å². The summed E-state index contributed by atoms with van der Waals surface area (Å²) in [7, 11) is 3.72. The van der Waals surface area contributed by atoms with Gasteiger partial charge in [0.2, 0.25) is 5.91 Å². The van der Waals surface area contributed by atoms with Crippen LogP contribution < -0.4 is 4.74 Å². The molecule has 1 aliphatic heterocycles. The summed E-state index contributed by atoms with van der Waals surface area (Å²) in [6.07, 6.45) is 6.10. The smallest absolute Gasteiger partial charge is 0.233 e. The van der Waals surface area contributed by atoms with E-state index in [-0.39, 0.29) is 5.41 Å². The minimum Gasteiger partial charge on any atom is -0.497 e. The molecule has 2 fully saturated rings. The lowest BCUT2D eigenvalue weighted by Crippen LogP contribution is -2.44. The molecule has 5 heteroatoms. The van der Waals surface area contributed by atoms with E-state index in [1.165, 1.54) is 0 Å². The number of hydrogen-bond acceptors (Lipinski definition) is 3. The van der Waals surface area contributed by atoms with Crippen LogP contribution in [0.5, 0.6) is 5.75 Å². The number of piperidine rings is 1. The fraction of sp³-hybridized carbons (Fsp3) is 0.524. The zero-order valence-electron chi connectivity index (χ0n) is 15.9. The van der Waals surface area contributed by atoms with Gasteiger partial charge >= 0.3 is 0 Å². The van der Waals surface area contributed by atoms with Gasteiger partial charge in [0.25, 0.3) is 0 Å². The lowest BCUT2D eigenvalue weighted by atomic mass is 9.91. The molecule has 2 aromatic rings. The van der Waals surface area contributed by atoms with E-state index in [1.807, 2.05) is 31.2 Å². The number of hydrogen-bond donors (Lipinski definition) is 0. The van der Waals surface area contributed by atoms with E-state index in [0.29, 0.717) is 11.8 Å². The number of nitrogens with zero attached hydrogens (tertiary/aromatic N) is 3. The summed E-state index contributed by atoms with van der Waals surface area (Å²) in [5.74, 6) is 2.56. The Labute approximate surface area is 155 Å². The van der Waals surface area contributed by atoms with Gasteiger partial charge in [-0.1, -0.05) is 12.1 Å². The van der Waals surface area contributed by atoms with Gasteiger partial charge in [-0.05, 0) is 50.3 Å². The maximum absolute atomic E-state index is 13.4. The zero-order chi connectivity index (χ0) is 18.3. The minimum atomic E-state index is -0.314. The Kier molecular flexibility index (Phi) is 4.25. The average molecular weight is 353 g/mol. The molecule has 0 spiro atoms. The Bertz CT molecular complexity index is 805. The van der Waals surface area contributed by atoms with E-state index in [4.69, 9.17) is 9.72 Å². The van der Waals surface area contributed by atoms with Crippen LogP contribution in [0.25, 0.3) is 0 Å². The van der Waals surface area contributed by atoms with Crippen LogP contribution in [0, 0.1) is 6.92 Å². The highest BCUT2D eigenvalue weighted by molar-refractivity contribution is 5.91. The van der Waals surface area contributed by atoms with Gasteiger partial charge in [0.1, 0.15) is 11.6 Å². The van der Waals surface area contributed by atoms with Crippen LogP contribution in [0.4, 0.5) is 0 Å². The van der Waals surface area contributed by atoms with Crippen LogP contribution in [0.1, 0.15) is 48.7 Å². The van der Waals surface area contributed by atoms with E-state index < -0.39 is 0 Å². The van der Waals surface area contributed by atoms with Gasteiger partial charge in [0.05, 0.1) is 18.2 Å². The second-order valence-electron chi connectivity index (χ2n) is 7.75. The van der Waals surface area contributed by atoms with E-state index in [1.54, 1.807) is 7.11 Å². The van der Waals surface area contributed by atoms with Gasteiger partial charge < -0.3 is 14.2 Å². The predicted octanol–water partition coefficient (Wildman–Crippen LogP) is 3.17. The van der Waals surface area contributed by atoms with Gasteiger partial charge in [-0.15, -0.1) is 0 Å². The van der Waals surface area contributed by atoms with Gasteiger partial charge in [-0.2, -0.15) is 0 Å². The van der Waals surface area contributed by atoms with Crippen LogP contribution in [-0.4, -0.2) is 40.6 Å². The summed E-state index contributed by atoms with van der Waals surface area (Å²) in [5.41, 5.74) is 1.85. The van der Waals surface area contributed by atoms with Crippen molar-refractivity contribution in [2.24, 2.45) is 7.05 Å². The van der Waals surface area contributed by atoms with Gasteiger partial charge in [0.15, 0.2) is 0 Å². The Morgan fingerprint density at radius 3 is 2.58 bits per heavy atom. The largest absolute Gasteiger partial charge is 0.497 e. The lowest BCUT2D eigenvalue weighted by Gasteiger charge is -2.35. The minimum absolute atomic E-state index is 0.290. The molecule has 1 saturated heterocycles. The van der Waals surface area contributed by atoms with Gasteiger partial charge in [0, 0.05) is 32.3 Å². The summed E-state index contributed by atoms with van der Waals surface area (Å²) < 4.78 is 7.37. The van der Waals surface area contributed by atoms with Crippen molar-refractivity contribution in [2.75, 3.05) is 20.2 Å². The van der Waals surface area contributed by atoms with E-state index in [0.717, 1.165) is 61.6 Å². The van der Waals surface area contributed by atoms with E-state index >= 15 is 0 Å². The molecule has 5 nitrogen and oxygen atoms in total. The third kappa shape index (κ3) is 2.89. The highest BCUT2D eigenvalue weighted by atomic mass is 16.5. The van der Waals surface area contributed by atoms with Crippen molar-refractivity contribution in [3.63, 3.8) is 0 Å². The normalized spacial score (nSPS) is 21.5. The molecule has 0 N–H and O–H groups in total. The Morgan fingerprint density at radius 2 is 2.00 bits per heavy atom. The van der Waals surface area contributed by atoms with Crippen molar-refractivity contribution >= 4 is 5.91 Å². The molecule has 1 saturated carbocycles. The number of imidazole rings is 1. The highest BCUT2D eigenvalue weighted by Gasteiger charge is 2.53. The Balaban J connectivity index is 1.53. The highest BCUT2D eigenvalue weighted by Crippen LogP contribution is 2.50. The zero-order valence-corrected chi connectivity index (χ0v) is 15.9. The molecule has 26 heavy (non-hydrogen) atoms. The molecule has 0 radical (unpaired) electrons. The summed E-state index contributed by atoms with van der Waals surface area (Å²) >= 11 is 0. The molecule has 1 amide bonds. The molecule has 2 aliphatic rings. The summed E-state index contributed by atoms with van der Waals surface area (Å²) in [5, 5.41) is 0. The number of benzene rings is 1. The number of methoxy groups -OCH3 is 1. The maximum Gasteiger partial charge on any atom is 0.233 e. The molecule has 2 heterocycles. The molecular weight excluding hydrogens is 326 g/mol. The summed E-state index contributed by atoms with van der Waals surface area (Å²) in [6, 6.07) is 8.01. The van der Waals surface area contributed by atoms with Crippen molar-refractivity contribution in [3.8, 4) is 5.75 Å². The lowest BCUT2D eigenvalue weighted by molar-refractivity contribution is -0.135. The first-order valence-electron chi connectivity index (χ1n) is 9.47. The maximum atomic E-state index is 13.4. The number of carbonyl (C=O) groups excluding carboxylic acids is 1. The van der Waals surface area contributed by atoms with E-state index in [2.05, 4.69) is 22.7 Å². The van der Waals surface area contributed by atoms with Crippen LogP contribution in [-0.2, 0) is 17.3 Å². The van der Waals surface area contributed by atoms with Crippen LogP contribution in [0.2, 0.25) is 0 Å². The first-order chi connectivity index (χ1) is 12.5. The molecule has 1 aromatic heterocycles. The fourth-order valence-corrected chi connectivity index (χ4v) is 4.35. The average Bonchev–Trinajstić information content (AvgIpc) is 3.40. The second-order valence-corrected chi connectivity index (χ2v) is 7.75. The number of aromatic nitrogens is 2. The van der Waals surface area contributed by atoms with Crippen LogP contribution in [0.15, 0.2) is 30.5 Å². The number of likely N-dealkylation sites (tertiary alicyclic amines) is 1. The monoisotopic (exact) mass is 353 g/mol. The number of ether oxygens (including phenoxy) is 1. The van der Waals surface area contributed by atoms with Gasteiger partial charge in [-0.3, -0.25) is 4.79 Å². The third-order valence-electron chi connectivity index (χ3n) is 5.91. The van der Waals surface area contributed by atoms with Crippen molar-refractivity contribution < 1.29 is 9.53 Å². The predicted molar refractivity (Wildman–Crippen MR) is 100 cm³/mol. The Hall–Kier alpha value is -2.30. The van der Waals surface area contributed by atoms with Crippen molar-refractivity contribution in [2.45, 2.75) is 43.9 Å². The molecule has 138 valence electrons. The van der Waals surface area contributed by atoms with Crippen LogP contribution >= 0.6 is 0 Å². The number of amides is 1. The van der Waals surface area contributed by atoms with Gasteiger partial charge in [-0.25, -0.2) is 4.98 Å². The van der Waals surface area contributed by atoms with E-state index in [9.17, 15) is 4.79 Å². The molecular formula is C21H27N3O2. The summed E-state index contributed by atoms with van der Waals surface area (Å²) in [6.45, 7) is 3.66. The number of aryl methyl sites for hydroxylation is 2. The first-order valence-corrected chi connectivity index (χ1v) is 9.47. The second kappa shape index (κ2) is 6.45.